The molecule has 0 spiro atoms. The van der Waals surface area contributed by atoms with E-state index in [1.807, 2.05) is 60.8 Å². The predicted molar refractivity (Wildman–Crippen MR) is 152 cm³/mol. The lowest BCUT2D eigenvalue weighted by molar-refractivity contribution is -0.192. The van der Waals surface area contributed by atoms with Crippen LogP contribution in [-0.2, 0) is 20.8 Å². The van der Waals surface area contributed by atoms with Gasteiger partial charge in [0.15, 0.2) is 0 Å². The summed E-state index contributed by atoms with van der Waals surface area (Å²) < 4.78 is 32.8. The Balaban J connectivity index is 0.000000587. The first-order valence-electron chi connectivity index (χ1n) is 13.2. The highest BCUT2D eigenvalue weighted by atomic mass is 32.1. The van der Waals surface area contributed by atoms with Gasteiger partial charge in [0.2, 0.25) is 11.8 Å². The van der Waals surface area contributed by atoms with E-state index in [1.165, 1.54) is 0 Å². The maximum Gasteiger partial charge on any atom is 0.490 e. The number of hydrogen-bond acceptors (Lipinski definition) is 5. The van der Waals surface area contributed by atoms with Crippen molar-refractivity contribution >= 4 is 45.0 Å². The van der Waals surface area contributed by atoms with Crippen LogP contribution < -0.4 is 16.4 Å². The number of amidine groups is 1. The lowest BCUT2D eigenvalue weighted by Gasteiger charge is -2.32. The number of halogens is 3. The van der Waals surface area contributed by atoms with Crippen molar-refractivity contribution in [3.8, 4) is 0 Å². The molecule has 2 amide bonds. The van der Waals surface area contributed by atoms with Crippen LogP contribution in [0.2, 0.25) is 0 Å². The molecule has 1 saturated carbocycles. The first-order chi connectivity index (χ1) is 19.4. The van der Waals surface area contributed by atoms with E-state index in [-0.39, 0.29) is 29.6 Å². The number of nitrogens with two attached hydrogens (primary N) is 1. The van der Waals surface area contributed by atoms with Crippen molar-refractivity contribution in [2.24, 2.45) is 11.7 Å². The molecule has 0 bridgehead atoms. The maximum absolute atomic E-state index is 13.8. The minimum atomic E-state index is -5.08. The molecule has 1 heterocycles. The predicted octanol–water partition coefficient (Wildman–Crippen LogP) is 4.96. The van der Waals surface area contributed by atoms with E-state index < -0.39 is 18.1 Å². The van der Waals surface area contributed by atoms with Gasteiger partial charge in [0.25, 0.3) is 0 Å². The van der Waals surface area contributed by atoms with Crippen molar-refractivity contribution in [2.45, 2.75) is 57.2 Å². The molecule has 41 heavy (non-hydrogen) atoms. The molecule has 4 rings (SSSR count). The third kappa shape index (κ3) is 8.53. The van der Waals surface area contributed by atoms with E-state index >= 15 is 0 Å². The molecular weight excluding hydrogens is 557 g/mol. The second kappa shape index (κ2) is 14.1. The van der Waals surface area contributed by atoms with Gasteiger partial charge in [-0.15, -0.1) is 11.3 Å². The summed E-state index contributed by atoms with van der Waals surface area (Å²) in [6.45, 7) is 2.51. The summed E-state index contributed by atoms with van der Waals surface area (Å²) in [6.07, 6.45) is -0.909. The molecule has 0 radical (unpaired) electrons. The first-order valence-corrected chi connectivity index (χ1v) is 14.1. The molecule has 3 aromatic rings. The number of nitrogen functional groups attached to an aromatic ring is 1. The third-order valence-corrected chi connectivity index (χ3v) is 7.89. The molecule has 8 nitrogen and oxygen atoms in total. The standard InChI is InChI=1S/C27H32N4O2S.C2HF3O2/c1-2-30-26(32)19-10-6-7-11-23(19)31-27(33)21(14-17-8-4-3-5-9-17)22-16-34-24-13-12-18(25(28)29)15-20(22)24;3-2(4,5)1(6)7/h3-5,8-9,12-13,15-16,19,21,23H,2,6-7,10-11,14H2,1H3,(H3,28,29)(H,30,32)(H,31,33);(H,6,7)/t19-,21?,23?;/m1./s1. The summed E-state index contributed by atoms with van der Waals surface area (Å²) in [5, 5.41) is 24.2. The number of carboxylic acid groups (broad SMARTS) is 1. The largest absolute Gasteiger partial charge is 0.490 e. The Morgan fingerprint density at radius 2 is 1.78 bits per heavy atom. The quantitative estimate of drug-likeness (QED) is 0.186. The number of aliphatic carboxylic acids is 1. The number of benzene rings is 2. The molecule has 12 heteroatoms. The monoisotopic (exact) mass is 590 g/mol. The summed E-state index contributed by atoms with van der Waals surface area (Å²) >= 11 is 1.59. The normalized spacial score (nSPS) is 17.6. The van der Waals surface area contributed by atoms with Gasteiger partial charge in [-0.05, 0) is 66.3 Å². The van der Waals surface area contributed by atoms with Crippen LogP contribution in [0.4, 0.5) is 13.2 Å². The lowest BCUT2D eigenvalue weighted by Crippen LogP contribution is -2.49. The number of alkyl halides is 3. The Labute approximate surface area is 239 Å². The summed E-state index contributed by atoms with van der Waals surface area (Å²) in [6, 6.07) is 15.6. The fourth-order valence-electron chi connectivity index (χ4n) is 4.89. The van der Waals surface area contributed by atoms with E-state index in [4.69, 9.17) is 21.0 Å². The van der Waals surface area contributed by atoms with Gasteiger partial charge in [0.1, 0.15) is 5.84 Å². The van der Waals surface area contributed by atoms with E-state index in [2.05, 4.69) is 10.6 Å². The highest BCUT2D eigenvalue weighted by Gasteiger charge is 2.38. The summed E-state index contributed by atoms with van der Waals surface area (Å²) in [7, 11) is 0. The second-order valence-corrected chi connectivity index (χ2v) is 10.7. The zero-order valence-corrected chi connectivity index (χ0v) is 23.3. The van der Waals surface area contributed by atoms with Gasteiger partial charge in [0.05, 0.1) is 11.8 Å². The molecule has 3 atom stereocenters. The van der Waals surface area contributed by atoms with Crippen molar-refractivity contribution in [1.29, 1.82) is 5.41 Å². The topological polar surface area (TPSA) is 145 Å². The van der Waals surface area contributed by atoms with E-state index in [1.54, 1.807) is 11.3 Å². The molecule has 2 unspecified atom stereocenters. The van der Waals surface area contributed by atoms with Crippen LogP contribution in [-0.4, -0.2) is 47.5 Å². The summed E-state index contributed by atoms with van der Waals surface area (Å²) in [5.74, 6) is -3.38. The van der Waals surface area contributed by atoms with Gasteiger partial charge >= 0.3 is 12.1 Å². The average Bonchev–Trinajstić information content (AvgIpc) is 3.35. The van der Waals surface area contributed by atoms with Crippen LogP contribution in [0, 0.1) is 11.3 Å². The van der Waals surface area contributed by atoms with Gasteiger partial charge in [-0.3, -0.25) is 15.0 Å². The number of amides is 2. The molecular formula is C29H33F3N4O4S. The first kappa shape index (κ1) is 31.6. The number of rotatable bonds is 8. The summed E-state index contributed by atoms with van der Waals surface area (Å²) in [4.78, 5) is 35.4. The fourth-order valence-corrected chi connectivity index (χ4v) is 5.88. The number of carbonyl (C=O) groups is 3. The second-order valence-electron chi connectivity index (χ2n) is 9.76. The molecule has 2 aromatic carbocycles. The van der Waals surface area contributed by atoms with Gasteiger partial charge in [-0.25, -0.2) is 4.79 Å². The van der Waals surface area contributed by atoms with Gasteiger partial charge in [-0.1, -0.05) is 43.2 Å². The van der Waals surface area contributed by atoms with Crippen molar-refractivity contribution in [3.63, 3.8) is 0 Å². The third-order valence-electron chi connectivity index (χ3n) is 6.91. The smallest absolute Gasteiger partial charge is 0.475 e. The molecule has 1 aliphatic rings. The van der Waals surface area contributed by atoms with Crippen LogP contribution in [0.25, 0.3) is 10.1 Å². The Hall–Kier alpha value is -3.93. The van der Waals surface area contributed by atoms with E-state index in [9.17, 15) is 22.8 Å². The molecule has 0 saturated heterocycles. The highest BCUT2D eigenvalue weighted by Crippen LogP contribution is 2.35. The van der Waals surface area contributed by atoms with E-state index in [0.29, 0.717) is 18.5 Å². The van der Waals surface area contributed by atoms with Crippen LogP contribution in [0.1, 0.15) is 55.2 Å². The van der Waals surface area contributed by atoms with Crippen molar-refractivity contribution in [1.82, 2.24) is 10.6 Å². The molecule has 1 aromatic heterocycles. The van der Waals surface area contributed by atoms with Crippen LogP contribution >= 0.6 is 11.3 Å². The Morgan fingerprint density at radius 1 is 1.12 bits per heavy atom. The number of fused-ring (bicyclic) bond motifs is 1. The van der Waals surface area contributed by atoms with E-state index in [0.717, 1.165) is 46.9 Å². The van der Waals surface area contributed by atoms with Crippen LogP contribution in [0.5, 0.6) is 0 Å². The summed E-state index contributed by atoms with van der Waals surface area (Å²) in [5.41, 5.74) is 8.41. The minimum absolute atomic E-state index is 0.00935. The maximum atomic E-state index is 13.8. The van der Waals surface area contributed by atoms with Crippen molar-refractivity contribution < 1.29 is 32.7 Å². The Kier molecular flexibility index (Phi) is 10.9. The van der Waals surface area contributed by atoms with Crippen molar-refractivity contribution in [2.75, 3.05) is 6.54 Å². The zero-order valence-electron chi connectivity index (χ0n) is 22.5. The van der Waals surface area contributed by atoms with Crippen LogP contribution in [0.3, 0.4) is 0 Å². The fraction of sp³-hybridized carbons (Fsp3) is 0.379. The van der Waals surface area contributed by atoms with Crippen molar-refractivity contribution in [3.05, 3.63) is 70.6 Å². The molecule has 220 valence electrons. The number of hydrogen-bond donors (Lipinski definition) is 5. The lowest BCUT2D eigenvalue weighted by atomic mass is 9.82. The molecule has 0 aliphatic heterocycles. The number of thiophene rings is 1. The van der Waals surface area contributed by atoms with Crippen LogP contribution in [0.15, 0.2) is 53.9 Å². The average molecular weight is 591 g/mol. The highest BCUT2D eigenvalue weighted by molar-refractivity contribution is 7.17. The Bertz CT molecular complexity index is 1380. The molecule has 6 N–H and O–H groups in total. The molecule has 1 aliphatic carbocycles. The van der Waals surface area contributed by atoms with Gasteiger partial charge < -0.3 is 21.5 Å². The number of nitrogens with one attached hydrogen (secondary N) is 3. The molecule has 1 fully saturated rings. The minimum Gasteiger partial charge on any atom is -0.475 e. The van der Waals surface area contributed by atoms with Gasteiger partial charge in [0, 0.05) is 22.8 Å². The zero-order chi connectivity index (χ0) is 30.2. The Morgan fingerprint density at radius 3 is 2.39 bits per heavy atom. The SMILES string of the molecule is CCNC(=O)[C@@H]1CCCCC1NC(=O)C(Cc1ccccc1)c1csc2ccc(C(=N)N)cc12.O=C(O)C(F)(F)F. The number of carbonyl (C=O) groups excluding carboxylic acids is 2. The van der Waals surface area contributed by atoms with Gasteiger partial charge in [-0.2, -0.15) is 13.2 Å². The number of carboxylic acids is 1.